The maximum Gasteiger partial charge on any atom is 1.00 e. The van der Waals surface area contributed by atoms with E-state index in [0.29, 0.717) is 0 Å². The van der Waals surface area contributed by atoms with Crippen molar-refractivity contribution in [2.75, 3.05) is 0 Å². The Balaban J connectivity index is -0.000000245. The molecule has 0 aromatic heterocycles. The van der Waals surface area contributed by atoms with Crippen LogP contribution in [0.2, 0.25) is 0 Å². The molecule has 48 valence electrons. The van der Waals surface area contributed by atoms with Crippen molar-refractivity contribution < 1.29 is 67.5 Å². The number of aliphatic hydroxyl groups is 1. The summed E-state index contributed by atoms with van der Waals surface area (Å²) in [6.45, 7) is 1.17. The van der Waals surface area contributed by atoms with Crippen LogP contribution < -0.4 is 51.4 Å². The van der Waals surface area contributed by atoms with E-state index < -0.39 is 12.1 Å². The van der Waals surface area contributed by atoms with Crippen molar-refractivity contribution in [2.24, 2.45) is 5.34 Å². The van der Waals surface area contributed by atoms with E-state index in [4.69, 9.17) is 10.0 Å². The van der Waals surface area contributed by atoms with Crippen LogP contribution in [0.5, 0.6) is 0 Å². The Morgan fingerprint density at radius 3 is 2.44 bits per heavy atom. The van der Waals surface area contributed by atoms with E-state index in [2.05, 4.69) is 4.84 Å². The average Bonchev–Trinajstić information content (AvgIpc) is 1.67. The molecule has 0 aliphatic heterocycles. The Morgan fingerprint density at radius 2 is 2.33 bits per heavy atom. The van der Waals surface area contributed by atoms with Crippen LogP contribution >= 0.6 is 0 Å². The number of aliphatic hydroxyl groups excluding tert-OH is 1. The van der Waals surface area contributed by atoms with Gasteiger partial charge in [-0.15, -0.1) is 4.91 Å². The minimum atomic E-state index is -1.28. The van der Waals surface area contributed by atoms with E-state index in [1.54, 1.807) is 5.34 Å². The number of rotatable bonds is 2. The first-order valence-electron chi connectivity index (χ1n) is 1.90. The predicted octanol–water partition coefficient (Wildman–Crippen LogP) is -3.29. The van der Waals surface area contributed by atoms with Gasteiger partial charge >= 0.3 is 57.4 Å². The standard InChI is InChI=1S/C3H5NO4.K.H/c1-2(5)3(6)8-4-7;;/h2,5H,1H3;;/q;+1;-1. The fraction of sp³-hybridized carbons (Fsp3) is 0.667. The van der Waals surface area contributed by atoms with Crippen LogP contribution in [0.3, 0.4) is 0 Å². The van der Waals surface area contributed by atoms with Crippen molar-refractivity contribution in [3.8, 4) is 0 Å². The molecule has 5 nitrogen and oxygen atoms in total. The van der Waals surface area contributed by atoms with E-state index in [0.717, 1.165) is 0 Å². The Hall–Kier alpha value is 0.666. The molecular formula is C3H6KNO4. The summed E-state index contributed by atoms with van der Waals surface area (Å²) in [5, 5.41) is 10.1. The number of carbonyl (C=O) groups is 1. The molecule has 0 saturated carbocycles. The fourth-order valence-corrected chi connectivity index (χ4v) is 0.113. The van der Waals surface area contributed by atoms with Crippen LogP contribution in [0.1, 0.15) is 8.35 Å². The van der Waals surface area contributed by atoms with Gasteiger partial charge in [-0.3, -0.25) is 4.84 Å². The van der Waals surface area contributed by atoms with Crippen molar-refractivity contribution in [1.82, 2.24) is 0 Å². The van der Waals surface area contributed by atoms with E-state index in [-0.39, 0.29) is 52.8 Å². The number of carbonyl (C=O) groups excluding carboxylic acids is 1. The summed E-state index contributed by atoms with van der Waals surface area (Å²) in [5.41, 5.74) is 0. The van der Waals surface area contributed by atoms with Gasteiger partial charge in [-0.25, -0.2) is 4.79 Å². The number of hydrogen-bond donors (Lipinski definition) is 1. The van der Waals surface area contributed by atoms with Gasteiger partial charge in [0, 0.05) is 0 Å². The zero-order valence-corrected chi connectivity index (χ0v) is 8.32. The van der Waals surface area contributed by atoms with Crippen molar-refractivity contribution >= 4 is 5.97 Å². The first-order chi connectivity index (χ1) is 3.68. The molecule has 0 aromatic carbocycles. The molecule has 0 rings (SSSR count). The quantitative estimate of drug-likeness (QED) is 0.260. The summed E-state index contributed by atoms with van der Waals surface area (Å²) >= 11 is 0. The third-order valence-corrected chi connectivity index (χ3v) is 0.468. The Labute approximate surface area is 95.6 Å². The van der Waals surface area contributed by atoms with E-state index in [1.165, 1.54) is 6.92 Å². The minimum absolute atomic E-state index is 0. The summed E-state index contributed by atoms with van der Waals surface area (Å²) in [4.78, 5) is 22.6. The molecule has 0 fully saturated rings. The summed E-state index contributed by atoms with van der Waals surface area (Å²) in [6, 6.07) is 0. The maximum absolute atomic E-state index is 9.98. The summed E-state index contributed by atoms with van der Waals surface area (Å²) < 4.78 is 0. The molecule has 0 saturated heterocycles. The number of nitrogens with zero attached hydrogens (tertiary/aromatic N) is 1. The van der Waals surface area contributed by atoms with Crippen molar-refractivity contribution in [3.63, 3.8) is 0 Å². The second-order valence-electron chi connectivity index (χ2n) is 1.16. The molecule has 0 spiro atoms. The van der Waals surface area contributed by atoms with Crippen LogP contribution in [-0.2, 0) is 9.63 Å². The average molecular weight is 159 g/mol. The van der Waals surface area contributed by atoms with Crippen LogP contribution in [0.15, 0.2) is 5.34 Å². The first-order valence-corrected chi connectivity index (χ1v) is 1.90. The minimum Gasteiger partial charge on any atom is -1.00 e. The molecule has 9 heavy (non-hydrogen) atoms. The fourth-order valence-electron chi connectivity index (χ4n) is 0.113. The molecule has 0 heterocycles. The van der Waals surface area contributed by atoms with Crippen molar-refractivity contribution in [2.45, 2.75) is 13.0 Å². The summed E-state index contributed by atoms with van der Waals surface area (Å²) in [6.07, 6.45) is -1.28. The van der Waals surface area contributed by atoms with Gasteiger partial charge in [0.2, 0.25) is 0 Å². The van der Waals surface area contributed by atoms with Crippen LogP contribution in [0, 0.1) is 4.91 Å². The Kier molecular flexibility index (Phi) is 9.31. The summed E-state index contributed by atoms with van der Waals surface area (Å²) in [5.74, 6) is -1.04. The van der Waals surface area contributed by atoms with Gasteiger partial charge in [-0.2, -0.15) is 0 Å². The molecule has 0 radical (unpaired) electrons. The molecule has 1 N–H and O–H groups in total. The van der Waals surface area contributed by atoms with Gasteiger partial charge in [-0.05, 0) is 6.92 Å². The molecule has 0 bridgehead atoms. The van der Waals surface area contributed by atoms with Gasteiger partial charge in [0.15, 0.2) is 11.4 Å². The monoisotopic (exact) mass is 159 g/mol. The van der Waals surface area contributed by atoms with Crippen LogP contribution in [0.25, 0.3) is 0 Å². The molecule has 6 heteroatoms. The normalized spacial score (nSPS) is 10.9. The second kappa shape index (κ2) is 6.78. The SMILES string of the molecule is CC(O)C(=O)ON=O.[H-].[K+]. The van der Waals surface area contributed by atoms with Crippen LogP contribution in [0.4, 0.5) is 0 Å². The zero-order valence-electron chi connectivity index (χ0n) is 6.20. The van der Waals surface area contributed by atoms with E-state index in [9.17, 15) is 4.79 Å². The number of hydrogen-bond acceptors (Lipinski definition) is 5. The molecule has 1 unspecified atom stereocenters. The molecule has 0 aliphatic rings. The first kappa shape index (κ1) is 12.4. The molecule has 1 atom stereocenters. The maximum atomic E-state index is 9.98. The second-order valence-corrected chi connectivity index (χ2v) is 1.16. The summed E-state index contributed by atoms with van der Waals surface area (Å²) in [7, 11) is 0. The van der Waals surface area contributed by atoms with E-state index in [1.807, 2.05) is 0 Å². The van der Waals surface area contributed by atoms with Gasteiger partial charge in [0.05, 0.1) is 0 Å². The van der Waals surface area contributed by atoms with Gasteiger partial charge in [-0.1, -0.05) is 0 Å². The van der Waals surface area contributed by atoms with Gasteiger partial charge < -0.3 is 6.53 Å². The molecule has 0 aliphatic carbocycles. The predicted molar refractivity (Wildman–Crippen MR) is 24.7 cm³/mol. The largest absolute Gasteiger partial charge is 1.00 e. The molecule has 0 aromatic rings. The smallest absolute Gasteiger partial charge is 1.00 e. The van der Waals surface area contributed by atoms with Crippen LogP contribution in [-0.4, -0.2) is 17.2 Å². The van der Waals surface area contributed by atoms with Gasteiger partial charge in [0.1, 0.15) is 0 Å². The molecule has 0 amide bonds. The third-order valence-electron chi connectivity index (χ3n) is 0.468. The van der Waals surface area contributed by atoms with Gasteiger partial charge in [0.25, 0.3) is 0 Å². The topological polar surface area (TPSA) is 76.0 Å². The van der Waals surface area contributed by atoms with Crippen molar-refractivity contribution in [3.05, 3.63) is 4.91 Å². The third kappa shape index (κ3) is 6.55. The zero-order chi connectivity index (χ0) is 6.57. The molecular weight excluding hydrogens is 153 g/mol. The Morgan fingerprint density at radius 1 is 1.89 bits per heavy atom. The Bertz CT molecular complexity index is 109. The van der Waals surface area contributed by atoms with E-state index >= 15 is 0 Å². The van der Waals surface area contributed by atoms with Crippen molar-refractivity contribution in [1.29, 1.82) is 0 Å².